The van der Waals surface area contributed by atoms with Crippen LogP contribution >= 0.6 is 0 Å². The van der Waals surface area contributed by atoms with Crippen LogP contribution in [-0.2, 0) is 0 Å². The Morgan fingerprint density at radius 3 is 3.04 bits per heavy atom. The highest BCUT2D eigenvalue weighted by molar-refractivity contribution is 5.79. The van der Waals surface area contributed by atoms with Crippen LogP contribution in [0.1, 0.15) is 11.3 Å². The molecule has 0 spiro atoms. The molecule has 0 amide bonds. The van der Waals surface area contributed by atoms with E-state index in [1.165, 1.54) is 0 Å². The Hall–Kier alpha value is -3.02. The number of rotatable bonds is 5. The molecule has 0 fully saturated rings. The van der Waals surface area contributed by atoms with Crippen LogP contribution in [0.4, 0.5) is 4.39 Å². The van der Waals surface area contributed by atoms with Crippen LogP contribution in [0.25, 0.3) is 22.9 Å². The molecule has 23 heavy (non-hydrogen) atoms. The van der Waals surface area contributed by atoms with Crippen molar-refractivity contribution in [2.24, 2.45) is 4.99 Å². The Bertz CT molecular complexity index is 885. The normalized spacial score (nSPS) is 11.2. The molecule has 116 valence electrons. The van der Waals surface area contributed by atoms with Gasteiger partial charge in [-0.2, -0.15) is 0 Å². The Morgan fingerprint density at radius 1 is 1.39 bits per heavy atom. The summed E-state index contributed by atoms with van der Waals surface area (Å²) in [6.45, 7) is 4.55. The summed E-state index contributed by atoms with van der Waals surface area (Å²) in [6.07, 6.45) is 7.11. The minimum Gasteiger partial charge on any atom is -0.463 e. The molecule has 0 atom stereocenters. The van der Waals surface area contributed by atoms with Crippen LogP contribution in [-0.4, -0.2) is 28.1 Å². The highest BCUT2D eigenvalue weighted by Crippen LogP contribution is 2.21. The van der Waals surface area contributed by atoms with Gasteiger partial charge in [0.1, 0.15) is 5.75 Å². The lowest BCUT2D eigenvalue weighted by atomic mass is 10.2. The van der Waals surface area contributed by atoms with Gasteiger partial charge in [-0.05, 0) is 49.5 Å². The summed E-state index contributed by atoms with van der Waals surface area (Å²) in [4.78, 5) is 12.6. The molecule has 2 aromatic heterocycles. The molecule has 6 heteroatoms. The number of hydrogen-bond donors (Lipinski definition) is 0. The fourth-order valence-electron chi connectivity index (χ4n) is 2.32. The van der Waals surface area contributed by atoms with Gasteiger partial charge in [-0.3, -0.25) is 9.56 Å². The van der Waals surface area contributed by atoms with Gasteiger partial charge in [0, 0.05) is 29.7 Å². The minimum atomic E-state index is -0.858. The van der Waals surface area contributed by atoms with Gasteiger partial charge in [-0.15, -0.1) is 0 Å². The molecular formula is C17H15FN4O. The SMILES string of the molecule is C=N/C=C\c1ccn(-c2ncc3cc(OCF)ccc3n2)c1C. The second-order valence-electron chi connectivity index (χ2n) is 4.87. The first-order valence-electron chi connectivity index (χ1n) is 6.99. The molecular weight excluding hydrogens is 295 g/mol. The van der Waals surface area contributed by atoms with E-state index in [9.17, 15) is 4.39 Å². The van der Waals surface area contributed by atoms with E-state index >= 15 is 0 Å². The number of nitrogens with zero attached hydrogens (tertiary/aromatic N) is 4. The molecule has 3 aromatic rings. The quantitative estimate of drug-likeness (QED) is 0.675. The number of aliphatic imine (C=N–C) groups is 1. The zero-order valence-corrected chi connectivity index (χ0v) is 12.6. The minimum absolute atomic E-state index is 0.456. The molecule has 0 aliphatic heterocycles. The molecule has 2 heterocycles. The second-order valence-corrected chi connectivity index (χ2v) is 4.87. The highest BCUT2D eigenvalue weighted by atomic mass is 19.1. The average molecular weight is 310 g/mol. The van der Waals surface area contributed by atoms with Gasteiger partial charge in [0.05, 0.1) is 5.52 Å². The molecule has 1 aromatic carbocycles. The molecule has 0 radical (unpaired) electrons. The van der Waals surface area contributed by atoms with Crippen LogP contribution in [0, 0.1) is 6.92 Å². The standard InChI is InChI=1S/C17H15FN4O/c1-12-13(5-7-19-2)6-8-22(12)17-20-10-14-9-15(23-11-18)3-4-16(14)21-17/h3-10H,2,11H2,1H3/b7-5-. The van der Waals surface area contributed by atoms with Crippen LogP contribution in [0.15, 0.2) is 47.9 Å². The predicted molar refractivity (Wildman–Crippen MR) is 88.8 cm³/mol. The fraction of sp³-hybridized carbons (Fsp3) is 0.118. The second kappa shape index (κ2) is 6.39. The zero-order chi connectivity index (χ0) is 16.2. The van der Waals surface area contributed by atoms with Crippen molar-refractivity contribution >= 4 is 23.7 Å². The first-order chi connectivity index (χ1) is 11.2. The molecule has 0 unspecified atom stereocenters. The van der Waals surface area contributed by atoms with Crippen molar-refractivity contribution in [1.82, 2.24) is 14.5 Å². The topological polar surface area (TPSA) is 52.3 Å². The summed E-state index contributed by atoms with van der Waals surface area (Å²) in [7, 11) is 0. The number of ether oxygens (including phenoxy) is 1. The lowest BCUT2D eigenvalue weighted by Gasteiger charge is -2.07. The molecule has 0 bridgehead atoms. The van der Waals surface area contributed by atoms with Gasteiger partial charge in [0.15, 0.2) is 0 Å². The van der Waals surface area contributed by atoms with Gasteiger partial charge in [0.25, 0.3) is 0 Å². The van der Waals surface area contributed by atoms with Crippen LogP contribution in [0.2, 0.25) is 0 Å². The van der Waals surface area contributed by atoms with Crippen molar-refractivity contribution in [3.63, 3.8) is 0 Å². The maximum absolute atomic E-state index is 12.2. The average Bonchev–Trinajstić information content (AvgIpc) is 2.93. The van der Waals surface area contributed by atoms with Crippen molar-refractivity contribution in [2.75, 3.05) is 6.86 Å². The van der Waals surface area contributed by atoms with E-state index in [4.69, 9.17) is 4.74 Å². The van der Waals surface area contributed by atoms with Crippen LogP contribution in [0.5, 0.6) is 5.75 Å². The van der Waals surface area contributed by atoms with Crippen molar-refractivity contribution in [3.8, 4) is 11.7 Å². The monoisotopic (exact) mass is 310 g/mol. The van der Waals surface area contributed by atoms with Crippen LogP contribution in [0.3, 0.4) is 0 Å². The molecule has 5 nitrogen and oxygen atoms in total. The Morgan fingerprint density at radius 2 is 2.26 bits per heavy atom. The third-order valence-corrected chi connectivity index (χ3v) is 3.52. The van der Waals surface area contributed by atoms with E-state index in [0.29, 0.717) is 11.7 Å². The predicted octanol–water partition coefficient (Wildman–Crippen LogP) is 3.71. The third-order valence-electron chi connectivity index (χ3n) is 3.52. The van der Waals surface area contributed by atoms with E-state index in [-0.39, 0.29) is 0 Å². The van der Waals surface area contributed by atoms with Crippen molar-refractivity contribution in [3.05, 3.63) is 54.1 Å². The van der Waals surface area contributed by atoms with Gasteiger partial charge in [0.2, 0.25) is 12.8 Å². The summed E-state index contributed by atoms with van der Waals surface area (Å²) >= 11 is 0. The summed E-state index contributed by atoms with van der Waals surface area (Å²) < 4.78 is 19.0. The number of aromatic nitrogens is 3. The lowest BCUT2D eigenvalue weighted by Crippen LogP contribution is -2.02. The van der Waals surface area contributed by atoms with Crippen molar-refractivity contribution in [1.29, 1.82) is 0 Å². The Balaban J connectivity index is 2.00. The molecule has 0 N–H and O–H groups in total. The Kier molecular flexibility index (Phi) is 4.14. The van der Waals surface area contributed by atoms with E-state index in [1.54, 1.807) is 30.6 Å². The fourth-order valence-corrected chi connectivity index (χ4v) is 2.32. The van der Waals surface area contributed by atoms with E-state index in [1.807, 2.05) is 29.8 Å². The zero-order valence-electron chi connectivity index (χ0n) is 12.6. The van der Waals surface area contributed by atoms with Crippen molar-refractivity contribution in [2.45, 2.75) is 6.92 Å². The van der Waals surface area contributed by atoms with E-state index < -0.39 is 6.86 Å². The molecule has 3 rings (SSSR count). The maximum Gasteiger partial charge on any atom is 0.234 e. The van der Waals surface area contributed by atoms with Gasteiger partial charge in [-0.25, -0.2) is 14.4 Å². The van der Waals surface area contributed by atoms with Gasteiger partial charge >= 0.3 is 0 Å². The summed E-state index contributed by atoms with van der Waals surface area (Å²) in [5.41, 5.74) is 2.79. The van der Waals surface area contributed by atoms with E-state index in [0.717, 1.165) is 22.2 Å². The molecule has 0 saturated heterocycles. The number of halogens is 1. The molecule has 0 aliphatic rings. The molecule has 0 aliphatic carbocycles. The maximum atomic E-state index is 12.2. The summed E-state index contributed by atoms with van der Waals surface area (Å²) in [5.74, 6) is 1.03. The first-order valence-corrected chi connectivity index (χ1v) is 6.99. The highest BCUT2D eigenvalue weighted by Gasteiger charge is 2.08. The summed E-state index contributed by atoms with van der Waals surface area (Å²) in [5, 5.41) is 0.792. The number of alkyl halides is 1. The number of fused-ring (bicyclic) bond motifs is 1. The number of benzene rings is 1. The smallest absolute Gasteiger partial charge is 0.234 e. The van der Waals surface area contributed by atoms with Crippen molar-refractivity contribution < 1.29 is 9.13 Å². The largest absolute Gasteiger partial charge is 0.463 e. The number of hydrogen-bond acceptors (Lipinski definition) is 4. The lowest BCUT2D eigenvalue weighted by molar-refractivity contribution is 0.192. The van der Waals surface area contributed by atoms with Gasteiger partial charge in [-0.1, -0.05) is 0 Å². The Labute approximate surface area is 132 Å². The third kappa shape index (κ3) is 2.96. The van der Waals surface area contributed by atoms with Gasteiger partial charge < -0.3 is 4.74 Å². The molecule has 0 saturated carbocycles. The first kappa shape index (κ1) is 14.9. The van der Waals surface area contributed by atoms with E-state index in [2.05, 4.69) is 21.7 Å². The van der Waals surface area contributed by atoms with Crippen LogP contribution < -0.4 is 4.74 Å². The summed E-state index contributed by atoms with van der Waals surface area (Å²) in [6, 6.07) is 7.14.